The zero-order valence-electron chi connectivity index (χ0n) is 9.36. The minimum Gasteiger partial charge on any atom is -0.335 e. The van der Waals surface area contributed by atoms with Crippen LogP contribution in [0.15, 0.2) is 12.7 Å². The van der Waals surface area contributed by atoms with Crippen LogP contribution < -0.4 is 0 Å². The van der Waals surface area contributed by atoms with E-state index < -0.39 is 0 Å². The van der Waals surface area contributed by atoms with Gasteiger partial charge in [0.05, 0.1) is 0 Å². The Bertz CT molecular complexity index is 225. The Morgan fingerprint density at radius 2 is 2.14 bits per heavy atom. The van der Waals surface area contributed by atoms with Gasteiger partial charge < -0.3 is 9.80 Å². The van der Waals surface area contributed by atoms with Crippen LogP contribution in [0.5, 0.6) is 0 Å². The van der Waals surface area contributed by atoms with Crippen LogP contribution in [-0.4, -0.2) is 48.4 Å². The SMILES string of the molecule is C=CC(=O)N1C[C@@H](N(C)C)CC[C@@H]1C. The molecular weight excluding hydrogens is 176 g/mol. The molecule has 0 saturated carbocycles. The first-order chi connectivity index (χ1) is 6.56. The van der Waals surface area contributed by atoms with Gasteiger partial charge in [-0.25, -0.2) is 0 Å². The molecule has 14 heavy (non-hydrogen) atoms. The van der Waals surface area contributed by atoms with Gasteiger partial charge in [0.2, 0.25) is 5.91 Å². The quantitative estimate of drug-likeness (QED) is 0.618. The monoisotopic (exact) mass is 196 g/mol. The molecule has 3 nitrogen and oxygen atoms in total. The molecule has 1 fully saturated rings. The van der Waals surface area contributed by atoms with Crippen molar-refractivity contribution in [1.82, 2.24) is 9.80 Å². The molecule has 0 N–H and O–H groups in total. The average molecular weight is 196 g/mol. The Morgan fingerprint density at radius 1 is 1.50 bits per heavy atom. The fourth-order valence-electron chi connectivity index (χ4n) is 1.93. The fraction of sp³-hybridized carbons (Fsp3) is 0.727. The molecule has 0 spiro atoms. The Hall–Kier alpha value is -0.830. The van der Waals surface area contributed by atoms with E-state index in [2.05, 4.69) is 32.5 Å². The number of piperidine rings is 1. The molecule has 0 aliphatic carbocycles. The molecule has 0 radical (unpaired) electrons. The van der Waals surface area contributed by atoms with Crippen LogP contribution in [0.2, 0.25) is 0 Å². The van der Waals surface area contributed by atoms with E-state index in [9.17, 15) is 4.79 Å². The molecular formula is C11H20N2O. The maximum Gasteiger partial charge on any atom is 0.246 e. The summed E-state index contributed by atoms with van der Waals surface area (Å²) >= 11 is 0. The summed E-state index contributed by atoms with van der Waals surface area (Å²) in [5.41, 5.74) is 0. The third kappa shape index (κ3) is 2.35. The number of hydrogen-bond donors (Lipinski definition) is 0. The van der Waals surface area contributed by atoms with E-state index in [4.69, 9.17) is 0 Å². The number of nitrogens with zero attached hydrogens (tertiary/aromatic N) is 2. The Labute approximate surface area is 86.4 Å². The number of carbonyl (C=O) groups excluding carboxylic acids is 1. The first-order valence-electron chi connectivity index (χ1n) is 5.15. The molecule has 0 aromatic carbocycles. The molecule has 2 atom stereocenters. The van der Waals surface area contributed by atoms with E-state index in [1.807, 2.05) is 4.90 Å². The summed E-state index contributed by atoms with van der Waals surface area (Å²) in [5, 5.41) is 0. The van der Waals surface area contributed by atoms with Gasteiger partial charge in [-0.05, 0) is 39.9 Å². The summed E-state index contributed by atoms with van der Waals surface area (Å²) in [6.45, 7) is 6.47. The van der Waals surface area contributed by atoms with Crippen LogP contribution in [-0.2, 0) is 4.79 Å². The number of hydrogen-bond acceptors (Lipinski definition) is 2. The summed E-state index contributed by atoms with van der Waals surface area (Å²) < 4.78 is 0. The van der Waals surface area contributed by atoms with Gasteiger partial charge in [0, 0.05) is 18.6 Å². The van der Waals surface area contributed by atoms with Crippen molar-refractivity contribution in [2.75, 3.05) is 20.6 Å². The van der Waals surface area contributed by atoms with E-state index in [-0.39, 0.29) is 5.91 Å². The van der Waals surface area contributed by atoms with Crippen molar-refractivity contribution in [3.8, 4) is 0 Å². The zero-order chi connectivity index (χ0) is 10.7. The second-order valence-corrected chi connectivity index (χ2v) is 4.24. The molecule has 0 aromatic heterocycles. The van der Waals surface area contributed by atoms with Crippen LogP contribution in [0.3, 0.4) is 0 Å². The van der Waals surface area contributed by atoms with Crippen molar-refractivity contribution in [2.45, 2.75) is 31.8 Å². The summed E-state index contributed by atoms with van der Waals surface area (Å²) in [7, 11) is 4.13. The van der Waals surface area contributed by atoms with Gasteiger partial charge in [0.1, 0.15) is 0 Å². The maximum absolute atomic E-state index is 11.5. The first-order valence-corrected chi connectivity index (χ1v) is 5.15. The molecule has 3 heteroatoms. The molecule has 1 aliphatic heterocycles. The molecule has 1 amide bonds. The third-order valence-electron chi connectivity index (χ3n) is 3.05. The van der Waals surface area contributed by atoms with Crippen molar-refractivity contribution < 1.29 is 4.79 Å². The molecule has 0 unspecified atom stereocenters. The second kappa shape index (κ2) is 4.60. The third-order valence-corrected chi connectivity index (χ3v) is 3.05. The zero-order valence-corrected chi connectivity index (χ0v) is 9.36. The summed E-state index contributed by atoms with van der Waals surface area (Å²) in [4.78, 5) is 15.6. The van der Waals surface area contributed by atoms with Gasteiger partial charge in [-0.1, -0.05) is 6.58 Å². The van der Waals surface area contributed by atoms with Crippen molar-refractivity contribution in [3.05, 3.63) is 12.7 Å². The van der Waals surface area contributed by atoms with Gasteiger partial charge >= 0.3 is 0 Å². The lowest BCUT2D eigenvalue weighted by Gasteiger charge is -2.40. The largest absolute Gasteiger partial charge is 0.335 e. The van der Waals surface area contributed by atoms with E-state index in [0.29, 0.717) is 12.1 Å². The summed E-state index contributed by atoms with van der Waals surface area (Å²) in [6.07, 6.45) is 3.67. The van der Waals surface area contributed by atoms with Gasteiger partial charge in [-0.2, -0.15) is 0 Å². The normalized spacial score (nSPS) is 27.9. The Kier molecular flexibility index (Phi) is 3.69. The van der Waals surface area contributed by atoms with Gasteiger partial charge in [0.25, 0.3) is 0 Å². The average Bonchev–Trinajstić information content (AvgIpc) is 2.17. The lowest BCUT2D eigenvalue weighted by molar-refractivity contribution is -0.130. The molecule has 1 heterocycles. The standard InChI is InChI=1S/C11H20N2O/c1-5-11(14)13-8-10(12(3)4)7-6-9(13)2/h5,9-10H,1,6-8H2,2-4H3/t9-,10-/m0/s1. The number of likely N-dealkylation sites (tertiary alicyclic amines) is 1. The predicted octanol–water partition coefficient (Wildman–Crippen LogP) is 1.11. The van der Waals surface area contributed by atoms with E-state index in [0.717, 1.165) is 13.0 Å². The van der Waals surface area contributed by atoms with Gasteiger partial charge in [-0.3, -0.25) is 4.79 Å². The molecule has 1 aliphatic rings. The molecule has 1 rings (SSSR count). The van der Waals surface area contributed by atoms with Crippen LogP contribution in [0, 0.1) is 0 Å². The molecule has 1 saturated heterocycles. The van der Waals surface area contributed by atoms with E-state index in [1.54, 1.807) is 0 Å². The topological polar surface area (TPSA) is 23.6 Å². The highest BCUT2D eigenvalue weighted by atomic mass is 16.2. The minimum absolute atomic E-state index is 0.0593. The van der Waals surface area contributed by atoms with Crippen molar-refractivity contribution >= 4 is 5.91 Å². The first kappa shape index (κ1) is 11.2. The van der Waals surface area contributed by atoms with Crippen molar-refractivity contribution in [1.29, 1.82) is 0 Å². The lowest BCUT2D eigenvalue weighted by atomic mass is 9.98. The summed E-state index contributed by atoms with van der Waals surface area (Å²) in [5.74, 6) is 0.0593. The highest BCUT2D eigenvalue weighted by Gasteiger charge is 2.28. The fourth-order valence-corrected chi connectivity index (χ4v) is 1.93. The molecule has 0 bridgehead atoms. The van der Waals surface area contributed by atoms with Crippen molar-refractivity contribution in [2.24, 2.45) is 0 Å². The van der Waals surface area contributed by atoms with Crippen molar-refractivity contribution in [3.63, 3.8) is 0 Å². The summed E-state index contributed by atoms with van der Waals surface area (Å²) in [6, 6.07) is 0.854. The minimum atomic E-state index is 0.0593. The predicted molar refractivity (Wildman–Crippen MR) is 58.1 cm³/mol. The number of likely N-dealkylation sites (N-methyl/N-ethyl adjacent to an activating group) is 1. The Balaban J connectivity index is 2.64. The molecule has 80 valence electrons. The van der Waals surface area contributed by atoms with Crippen LogP contribution in [0.1, 0.15) is 19.8 Å². The van der Waals surface area contributed by atoms with Gasteiger partial charge in [0.15, 0.2) is 0 Å². The Morgan fingerprint density at radius 3 is 2.64 bits per heavy atom. The number of carbonyl (C=O) groups is 1. The van der Waals surface area contributed by atoms with E-state index >= 15 is 0 Å². The molecule has 0 aromatic rings. The van der Waals surface area contributed by atoms with Crippen LogP contribution >= 0.6 is 0 Å². The number of rotatable bonds is 2. The second-order valence-electron chi connectivity index (χ2n) is 4.24. The highest BCUT2D eigenvalue weighted by molar-refractivity contribution is 5.87. The maximum atomic E-state index is 11.5. The highest BCUT2D eigenvalue weighted by Crippen LogP contribution is 2.19. The lowest BCUT2D eigenvalue weighted by Crippen LogP contribution is -2.50. The van der Waals surface area contributed by atoms with E-state index in [1.165, 1.54) is 12.5 Å². The number of amides is 1. The smallest absolute Gasteiger partial charge is 0.246 e. The van der Waals surface area contributed by atoms with Gasteiger partial charge in [-0.15, -0.1) is 0 Å². The van der Waals surface area contributed by atoms with Crippen LogP contribution in [0.4, 0.5) is 0 Å². The van der Waals surface area contributed by atoms with Crippen LogP contribution in [0.25, 0.3) is 0 Å².